The first kappa shape index (κ1) is 19.6. The van der Waals surface area contributed by atoms with Crippen molar-refractivity contribution < 1.29 is 4.79 Å². The summed E-state index contributed by atoms with van der Waals surface area (Å²) < 4.78 is 1.81. The lowest BCUT2D eigenvalue weighted by molar-refractivity contribution is -0.121. The molecular formula is C21H31N5O. The van der Waals surface area contributed by atoms with Crippen molar-refractivity contribution in [3.63, 3.8) is 0 Å². The number of carbonyl (C=O) groups is 1. The SMILES string of the molecule is Cc1cccc(CN2CCN(C(C)C(=O)Nc3c(C)nn(C)c3C)CC2)c1. The van der Waals surface area contributed by atoms with Crippen LogP contribution in [0.25, 0.3) is 0 Å². The predicted molar refractivity (Wildman–Crippen MR) is 109 cm³/mol. The smallest absolute Gasteiger partial charge is 0.241 e. The van der Waals surface area contributed by atoms with E-state index in [2.05, 4.69) is 51.4 Å². The third-order valence-corrected chi connectivity index (χ3v) is 5.58. The Morgan fingerprint density at radius 2 is 1.89 bits per heavy atom. The van der Waals surface area contributed by atoms with Crippen LogP contribution >= 0.6 is 0 Å². The molecule has 1 saturated heterocycles. The van der Waals surface area contributed by atoms with Crippen molar-refractivity contribution in [1.82, 2.24) is 19.6 Å². The molecule has 1 N–H and O–H groups in total. The number of anilines is 1. The molecule has 2 aromatic rings. The average molecular weight is 370 g/mol. The zero-order valence-corrected chi connectivity index (χ0v) is 17.1. The zero-order chi connectivity index (χ0) is 19.6. The highest BCUT2D eigenvalue weighted by molar-refractivity contribution is 5.95. The van der Waals surface area contributed by atoms with E-state index >= 15 is 0 Å². The monoisotopic (exact) mass is 369 g/mol. The van der Waals surface area contributed by atoms with Crippen LogP contribution in [0.4, 0.5) is 5.69 Å². The number of benzene rings is 1. The highest BCUT2D eigenvalue weighted by Crippen LogP contribution is 2.19. The number of nitrogens with zero attached hydrogens (tertiary/aromatic N) is 4. The summed E-state index contributed by atoms with van der Waals surface area (Å²) in [6.07, 6.45) is 0. The Morgan fingerprint density at radius 3 is 2.48 bits per heavy atom. The van der Waals surface area contributed by atoms with Gasteiger partial charge in [-0.1, -0.05) is 29.8 Å². The molecule has 1 aromatic heterocycles. The van der Waals surface area contributed by atoms with Gasteiger partial charge in [-0.25, -0.2) is 0 Å². The van der Waals surface area contributed by atoms with Gasteiger partial charge in [0, 0.05) is 39.8 Å². The van der Waals surface area contributed by atoms with Gasteiger partial charge in [-0.2, -0.15) is 5.10 Å². The molecule has 0 spiro atoms. The molecule has 0 saturated carbocycles. The van der Waals surface area contributed by atoms with Gasteiger partial charge in [0.2, 0.25) is 5.91 Å². The Balaban J connectivity index is 1.53. The van der Waals surface area contributed by atoms with E-state index in [1.54, 1.807) is 4.68 Å². The Morgan fingerprint density at radius 1 is 1.19 bits per heavy atom. The van der Waals surface area contributed by atoms with E-state index in [1.165, 1.54) is 11.1 Å². The molecule has 0 aliphatic carbocycles. The highest BCUT2D eigenvalue weighted by Gasteiger charge is 2.26. The molecule has 1 atom stereocenters. The largest absolute Gasteiger partial charge is 0.322 e. The summed E-state index contributed by atoms with van der Waals surface area (Å²) in [5.41, 5.74) is 5.34. The van der Waals surface area contributed by atoms with E-state index in [1.807, 2.05) is 27.8 Å². The molecule has 3 rings (SSSR count). The van der Waals surface area contributed by atoms with Crippen LogP contribution in [0.1, 0.15) is 29.4 Å². The maximum absolute atomic E-state index is 12.7. The van der Waals surface area contributed by atoms with E-state index in [-0.39, 0.29) is 11.9 Å². The topological polar surface area (TPSA) is 53.4 Å². The molecule has 146 valence electrons. The number of carbonyl (C=O) groups excluding carboxylic acids is 1. The second kappa shape index (κ2) is 8.23. The predicted octanol–water partition coefficient (Wildman–Crippen LogP) is 2.49. The van der Waals surface area contributed by atoms with E-state index in [0.29, 0.717) is 0 Å². The second-order valence-electron chi connectivity index (χ2n) is 7.64. The van der Waals surface area contributed by atoms with Crippen molar-refractivity contribution in [1.29, 1.82) is 0 Å². The van der Waals surface area contributed by atoms with E-state index in [4.69, 9.17) is 0 Å². The minimum absolute atomic E-state index is 0.0429. The van der Waals surface area contributed by atoms with Gasteiger partial charge in [0.1, 0.15) is 0 Å². The van der Waals surface area contributed by atoms with Crippen LogP contribution in [0, 0.1) is 20.8 Å². The molecule has 6 nitrogen and oxygen atoms in total. The minimum atomic E-state index is -0.148. The highest BCUT2D eigenvalue weighted by atomic mass is 16.2. The van der Waals surface area contributed by atoms with E-state index < -0.39 is 0 Å². The summed E-state index contributed by atoms with van der Waals surface area (Å²) in [4.78, 5) is 17.5. The fourth-order valence-corrected chi connectivity index (χ4v) is 3.73. The van der Waals surface area contributed by atoms with Crippen LogP contribution in [0.2, 0.25) is 0 Å². The second-order valence-corrected chi connectivity index (χ2v) is 7.64. The van der Waals surface area contributed by atoms with Gasteiger partial charge in [-0.3, -0.25) is 19.3 Å². The number of rotatable bonds is 5. The first-order valence-corrected chi connectivity index (χ1v) is 9.68. The Hall–Kier alpha value is -2.18. The van der Waals surface area contributed by atoms with Gasteiger partial charge in [-0.05, 0) is 33.3 Å². The number of hydrogen-bond donors (Lipinski definition) is 1. The fourth-order valence-electron chi connectivity index (χ4n) is 3.73. The molecule has 27 heavy (non-hydrogen) atoms. The maximum atomic E-state index is 12.7. The normalized spacial score (nSPS) is 17.1. The van der Waals surface area contributed by atoms with Crippen molar-refractivity contribution in [3.8, 4) is 0 Å². The molecule has 1 unspecified atom stereocenters. The lowest BCUT2D eigenvalue weighted by Crippen LogP contribution is -2.52. The summed E-state index contributed by atoms with van der Waals surface area (Å²) in [5, 5.41) is 7.45. The van der Waals surface area contributed by atoms with E-state index in [0.717, 1.165) is 49.8 Å². The summed E-state index contributed by atoms with van der Waals surface area (Å²) in [5.74, 6) is 0.0429. The van der Waals surface area contributed by atoms with Crippen LogP contribution < -0.4 is 5.32 Å². The van der Waals surface area contributed by atoms with Crippen molar-refractivity contribution in [2.75, 3.05) is 31.5 Å². The summed E-state index contributed by atoms with van der Waals surface area (Å²) in [6.45, 7) is 12.8. The minimum Gasteiger partial charge on any atom is -0.322 e. The van der Waals surface area contributed by atoms with Crippen LogP contribution in [0.3, 0.4) is 0 Å². The van der Waals surface area contributed by atoms with Crippen LogP contribution in [0.5, 0.6) is 0 Å². The van der Waals surface area contributed by atoms with Crippen LogP contribution in [-0.2, 0) is 18.4 Å². The summed E-state index contributed by atoms with van der Waals surface area (Å²) in [6, 6.07) is 8.54. The van der Waals surface area contributed by atoms with Gasteiger partial charge in [0.25, 0.3) is 0 Å². The molecule has 1 aliphatic heterocycles. The van der Waals surface area contributed by atoms with Gasteiger partial charge in [-0.15, -0.1) is 0 Å². The molecule has 1 aliphatic rings. The van der Waals surface area contributed by atoms with Gasteiger partial charge in [0.15, 0.2) is 0 Å². The first-order valence-electron chi connectivity index (χ1n) is 9.68. The lowest BCUT2D eigenvalue weighted by Gasteiger charge is -2.37. The summed E-state index contributed by atoms with van der Waals surface area (Å²) >= 11 is 0. The maximum Gasteiger partial charge on any atom is 0.241 e. The number of aromatic nitrogens is 2. The number of nitrogens with one attached hydrogen (secondary N) is 1. The third-order valence-electron chi connectivity index (χ3n) is 5.58. The molecule has 1 aromatic carbocycles. The average Bonchev–Trinajstić information content (AvgIpc) is 2.88. The quantitative estimate of drug-likeness (QED) is 0.880. The van der Waals surface area contributed by atoms with Gasteiger partial charge >= 0.3 is 0 Å². The van der Waals surface area contributed by atoms with Gasteiger partial charge < -0.3 is 5.32 Å². The van der Waals surface area contributed by atoms with Crippen LogP contribution in [-0.4, -0.2) is 57.7 Å². The van der Waals surface area contributed by atoms with Crippen molar-refractivity contribution in [2.45, 2.75) is 40.3 Å². The van der Waals surface area contributed by atoms with E-state index in [9.17, 15) is 4.79 Å². The number of amides is 1. The Bertz CT molecular complexity index is 805. The number of piperazine rings is 1. The van der Waals surface area contributed by atoms with Crippen LogP contribution in [0.15, 0.2) is 24.3 Å². The number of hydrogen-bond acceptors (Lipinski definition) is 4. The molecule has 0 bridgehead atoms. The molecule has 0 radical (unpaired) electrons. The summed E-state index contributed by atoms with van der Waals surface area (Å²) in [7, 11) is 1.90. The molecular weight excluding hydrogens is 338 g/mol. The molecule has 6 heteroatoms. The third kappa shape index (κ3) is 4.57. The standard InChI is InChI=1S/C21H31N5O/c1-15-7-6-8-19(13-15)14-25-9-11-26(12-10-25)18(4)21(27)22-20-16(2)23-24(5)17(20)3/h6-8,13,18H,9-12,14H2,1-5H3,(H,22,27). The Labute approximate surface area is 162 Å². The number of aryl methyl sites for hydroxylation is 3. The van der Waals surface area contributed by atoms with Crippen molar-refractivity contribution >= 4 is 11.6 Å². The molecule has 1 fully saturated rings. The fraction of sp³-hybridized carbons (Fsp3) is 0.524. The molecule has 1 amide bonds. The Kier molecular flexibility index (Phi) is 5.97. The molecule has 2 heterocycles. The zero-order valence-electron chi connectivity index (χ0n) is 17.1. The van der Waals surface area contributed by atoms with Gasteiger partial charge in [0.05, 0.1) is 23.1 Å². The van der Waals surface area contributed by atoms with Crippen molar-refractivity contribution in [3.05, 3.63) is 46.8 Å². The lowest BCUT2D eigenvalue weighted by atomic mass is 10.1. The van der Waals surface area contributed by atoms with Crippen molar-refractivity contribution in [2.24, 2.45) is 7.05 Å². The first-order chi connectivity index (χ1) is 12.8.